The van der Waals surface area contributed by atoms with Gasteiger partial charge in [0.25, 0.3) is 0 Å². The van der Waals surface area contributed by atoms with Crippen molar-refractivity contribution in [3.05, 3.63) is 0 Å². The molecule has 2 rings (SSSR count). The molecule has 2 heteroatoms. The third-order valence-electron chi connectivity index (χ3n) is 2.96. The summed E-state index contributed by atoms with van der Waals surface area (Å²) in [6, 6.07) is 0.389. The zero-order chi connectivity index (χ0) is 6.48. The van der Waals surface area contributed by atoms with Crippen LogP contribution in [0, 0.1) is 5.41 Å². The van der Waals surface area contributed by atoms with Crippen LogP contribution in [-0.2, 0) is 0 Å². The lowest BCUT2D eigenvalue weighted by Crippen LogP contribution is -2.58. The Labute approximate surface area is 55.1 Å². The van der Waals surface area contributed by atoms with Crippen molar-refractivity contribution in [3.8, 4) is 0 Å². The second-order valence-electron chi connectivity index (χ2n) is 3.59. The van der Waals surface area contributed by atoms with Crippen LogP contribution in [-0.4, -0.2) is 17.3 Å². The molecule has 2 fully saturated rings. The molecule has 1 unspecified atom stereocenters. The van der Waals surface area contributed by atoms with Gasteiger partial charge in [0.15, 0.2) is 0 Å². The van der Waals surface area contributed by atoms with E-state index in [1.165, 1.54) is 6.42 Å². The zero-order valence-corrected chi connectivity index (χ0v) is 5.51. The molecule has 2 saturated carbocycles. The number of aliphatic hydroxyl groups is 1. The van der Waals surface area contributed by atoms with Crippen LogP contribution in [0.25, 0.3) is 0 Å². The summed E-state index contributed by atoms with van der Waals surface area (Å²) in [5.41, 5.74) is 5.92. The molecule has 3 N–H and O–H groups in total. The van der Waals surface area contributed by atoms with E-state index >= 15 is 0 Å². The van der Waals surface area contributed by atoms with Crippen molar-refractivity contribution in [1.29, 1.82) is 0 Å². The molecule has 1 atom stereocenters. The van der Waals surface area contributed by atoms with Crippen LogP contribution in [0.4, 0.5) is 0 Å². The Morgan fingerprint density at radius 3 is 2.22 bits per heavy atom. The van der Waals surface area contributed by atoms with E-state index in [0.717, 1.165) is 19.3 Å². The van der Waals surface area contributed by atoms with Gasteiger partial charge in [-0.2, -0.15) is 0 Å². The van der Waals surface area contributed by atoms with E-state index in [0.29, 0.717) is 11.5 Å². The minimum atomic E-state index is -0.0164. The first-order chi connectivity index (χ1) is 4.23. The molecule has 0 aromatic carbocycles. The van der Waals surface area contributed by atoms with Crippen LogP contribution in [0.5, 0.6) is 0 Å². The van der Waals surface area contributed by atoms with E-state index < -0.39 is 0 Å². The summed E-state index contributed by atoms with van der Waals surface area (Å²) < 4.78 is 0. The fourth-order valence-electron chi connectivity index (χ4n) is 2.14. The second kappa shape index (κ2) is 1.50. The lowest BCUT2D eigenvalue weighted by Gasteiger charge is -2.56. The first-order valence-corrected chi connectivity index (χ1v) is 3.67. The van der Waals surface area contributed by atoms with Gasteiger partial charge < -0.3 is 10.8 Å². The number of nitrogens with two attached hydrogens (primary N) is 1. The van der Waals surface area contributed by atoms with Gasteiger partial charge in [-0.3, -0.25) is 0 Å². The van der Waals surface area contributed by atoms with Crippen molar-refractivity contribution in [1.82, 2.24) is 0 Å². The maximum atomic E-state index is 9.28. The largest absolute Gasteiger partial charge is 0.393 e. The highest BCUT2D eigenvalue weighted by atomic mass is 16.3. The predicted octanol–water partition coefficient (Wildman–Crippen LogP) is 0.249. The van der Waals surface area contributed by atoms with Crippen LogP contribution in [0.15, 0.2) is 0 Å². The monoisotopic (exact) mass is 127 g/mol. The highest BCUT2D eigenvalue weighted by Crippen LogP contribution is 2.55. The summed E-state index contributed by atoms with van der Waals surface area (Å²) in [7, 11) is 0. The standard InChI is InChI=1S/C7H13NO/c8-5-3-7(4-5)2-1-6(7)9/h5-6,9H,1-4,8H2. The van der Waals surface area contributed by atoms with Gasteiger partial charge in [0.1, 0.15) is 0 Å². The number of aliphatic hydroxyl groups excluding tert-OH is 1. The molecule has 1 spiro atoms. The van der Waals surface area contributed by atoms with Crippen molar-refractivity contribution in [2.45, 2.75) is 37.8 Å². The lowest BCUT2D eigenvalue weighted by atomic mass is 9.52. The fourth-order valence-corrected chi connectivity index (χ4v) is 2.14. The zero-order valence-electron chi connectivity index (χ0n) is 5.51. The van der Waals surface area contributed by atoms with Gasteiger partial charge in [0.05, 0.1) is 6.10 Å². The molecule has 0 heterocycles. The van der Waals surface area contributed by atoms with Crippen molar-refractivity contribution < 1.29 is 5.11 Å². The fraction of sp³-hybridized carbons (Fsp3) is 1.00. The Hall–Kier alpha value is -0.0800. The molecule has 0 radical (unpaired) electrons. The molecule has 9 heavy (non-hydrogen) atoms. The average molecular weight is 127 g/mol. The highest BCUT2D eigenvalue weighted by Gasteiger charge is 2.53. The molecule has 0 aromatic heterocycles. The summed E-state index contributed by atoms with van der Waals surface area (Å²) in [5, 5.41) is 9.28. The Kier molecular flexibility index (Phi) is 0.945. The Bertz CT molecular complexity index is 129. The molecule has 2 aliphatic rings. The Morgan fingerprint density at radius 1 is 1.44 bits per heavy atom. The maximum Gasteiger partial charge on any atom is 0.0597 e. The topological polar surface area (TPSA) is 46.2 Å². The van der Waals surface area contributed by atoms with Gasteiger partial charge in [-0.1, -0.05) is 0 Å². The summed E-state index contributed by atoms with van der Waals surface area (Å²) in [4.78, 5) is 0. The molecule has 0 bridgehead atoms. The molecular formula is C7H13NO. The molecule has 0 aromatic rings. The molecular weight excluding hydrogens is 114 g/mol. The average Bonchev–Trinajstić information content (AvgIpc) is 1.77. The smallest absolute Gasteiger partial charge is 0.0597 e. The summed E-state index contributed by atoms with van der Waals surface area (Å²) in [5.74, 6) is 0. The van der Waals surface area contributed by atoms with Gasteiger partial charge in [-0.15, -0.1) is 0 Å². The van der Waals surface area contributed by atoms with Crippen molar-refractivity contribution in [2.24, 2.45) is 11.1 Å². The van der Waals surface area contributed by atoms with Crippen LogP contribution in [0.1, 0.15) is 25.7 Å². The highest BCUT2D eigenvalue weighted by molar-refractivity contribution is 5.06. The van der Waals surface area contributed by atoms with E-state index in [1.54, 1.807) is 0 Å². The molecule has 2 aliphatic carbocycles. The second-order valence-corrected chi connectivity index (χ2v) is 3.59. The normalized spacial score (nSPS) is 56.7. The molecule has 2 nitrogen and oxygen atoms in total. The van der Waals surface area contributed by atoms with E-state index in [4.69, 9.17) is 5.73 Å². The van der Waals surface area contributed by atoms with Crippen molar-refractivity contribution >= 4 is 0 Å². The van der Waals surface area contributed by atoms with E-state index in [-0.39, 0.29) is 6.10 Å². The van der Waals surface area contributed by atoms with Gasteiger partial charge in [0.2, 0.25) is 0 Å². The third kappa shape index (κ3) is 0.578. The first kappa shape index (κ1) is 5.69. The van der Waals surface area contributed by atoms with E-state index in [1.807, 2.05) is 0 Å². The van der Waals surface area contributed by atoms with Crippen LogP contribution in [0.3, 0.4) is 0 Å². The predicted molar refractivity (Wildman–Crippen MR) is 34.9 cm³/mol. The molecule has 0 aliphatic heterocycles. The van der Waals surface area contributed by atoms with E-state index in [9.17, 15) is 5.11 Å². The summed E-state index contributed by atoms with van der Waals surface area (Å²) in [6.07, 6.45) is 4.33. The van der Waals surface area contributed by atoms with Gasteiger partial charge in [0, 0.05) is 6.04 Å². The van der Waals surface area contributed by atoms with Gasteiger partial charge in [-0.05, 0) is 31.1 Å². The van der Waals surface area contributed by atoms with E-state index in [2.05, 4.69) is 0 Å². The third-order valence-corrected chi connectivity index (χ3v) is 2.96. The maximum absolute atomic E-state index is 9.28. The Morgan fingerprint density at radius 2 is 2.11 bits per heavy atom. The molecule has 0 saturated heterocycles. The molecule has 52 valence electrons. The number of hydrogen-bond donors (Lipinski definition) is 2. The summed E-state index contributed by atoms with van der Waals surface area (Å²) in [6.45, 7) is 0. The van der Waals surface area contributed by atoms with Gasteiger partial charge in [-0.25, -0.2) is 0 Å². The van der Waals surface area contributed by atoms with Crippen LogP contribution >= 0.6 is 0 Å². The number of hydrogen-bond acceptors (Lipinski definition) is 2. The number of rotatable bonds is 0. The Balaban J connectivity index is 1.97. The quantitative estimate of drug-likeness (QED) is 0.490. The molecule has 0 amide bonds. The first-order valence-electron chi connectivity index (χ1n) is 3.67. The van der Waals surface area contributed by atoms with Crippen LogP contribution in [0.2, 0.25) is 0 Å². The van der Waals surface area contributed by atoms with Crippen molar-refractivity contribution in [2.75, 3.05) is 0 Å². The van der Waals surface area contributed by atoms with Crippen molar-refractivity contribution in [3.63, 3.8) is 0 Å². The SMILES string of the molecule is NC1CC2(CCC2O)C1. The lowest BCUT2D eigenvalue weighted by molar-refractivity contribution is -0.124. The van der Waals surface area contributed by atoms with Gasteiger partial charge >= 0.3 is 0 Å². The minimum Gasteiger partial charge on any atom is -0.393 e. The van der Waals surface area contributed by atoms with Crippen LogP contribution < -0.4 is 5.73 Å². The minimum absolute atomic E-state index is 0.0164. The summed E-state index contributed by atoms with van der Waals surface area (Å²) >= 11 is 0.